The third-order valence-electron chi connectivity index (χ3n) is 4.67. The quantitative estimate of drug-likeness (QED) is 0.806. The summed E-state index contributed by atoms with van der Waals surface area (Å²) in [5.74, 6) is 0.967. The summed E-state index contributed by atoms with van der Waals surface area (Å²) in [6.07, 6.45) is 5.83. The first-order valence-corrected chi connectivity index (χ1v) is 7.72. The second kappa shape index (κ2) is 6.36. The Bertz CT molecular complexity index is 240. The van der Waals surface area contributed by atoms with Crippen LogP contribution in [-0.2, 0) is 0 Å². The monoisotopic (exact) mass is 253 g/mol. The summed E-state index contributed by atoms with van der Waals surface area (Å²) in [7, 11) is 2.31. The fourth-order valence-corrected chi connectivity index (χ4v) is 3.73. The van der Waals surface area contributed by atoms with E-state index in [1.807, 2.05) is 0 Å². The van der Waals surface area contributed by atoms with Crippen molar-refractivity contribution in [2.45, 2.75) is 45.1 Å². The van der Waals surface area contributed by atoms with Gasteiger partial charge in [0, 0.05) is 44.8 Å². The lowest BCUT2D eigenvalue weighted by Crippen LogP contribution is -2.57. The first kappa shape index (κ1) is 14.3. The molecule has 1 aliphatic carbocycles. The molecule has 18 heavy (non-hydrogen) atoms. The van der Waals surface area contributed by atoms with Crippen LogP contribution in [0.15, 0.2) is 0 Å². The van der Waals surface area contributed by atoms with E-state index in [-0.39, 0.29) is 0 Å². The summed E-state index contributed by atoms with van der Waals surface area (Å²) in [6, 6.07) is 0. The van der Waals surface area contributed by atoms with Crippen LogP contribution in [0.4, 0.5) is 0 Å². The van der Waals surface area contributed by atoms with E-state index in [4.69, 9.17) is 0 Å². The first-order chi connectivity index (χ1) is 8.58. The maximum atomic E-state index is 3.44. The van der Waals surface area contributed by atoms with Crippen LogP contribution >= 0.6 is 0 Å². The summed E-state index contributed by atoms with van der Waals surface area (Å²) in [5.41, 5.74) is 0.315. The Kier molecular flexibility index (Phi) is 5.05. The van der Waals surface area contributed by atoms with Crippen molar-refractivity contribution in [3.63, 3.8) is 0 Å². The molecule has 0 spiro atoms. The van der Waals surface area contributed by atoms with Crippen molar-refractivity contribution in [2.24, 2.45) is 5.92 Å². The van der Waals surface area contributed by atoms with E-state index in [1.165, 1.54) is 51.9 Å². The average molecular weight is 253 g/mol. The van der Waals surface area contributed by atoms with Crippen molar-refractivity contribution in [1.29, 1.82) is 0 Å². The average Bonchev–Trinajstić information content (AvgIpc) is 2.82. The Labute approximate surface area is 113 Å². The number of likely N-dealkylation sites (N-methyl/N-ethyl adjacent to an activating group) is 1. The van der Waals surface area contributed by atoms with Crippen LogP contribution in [0, 0.1) is 5.92 Å². The fraction of sp³-hybridized carbons (Fsp3) is 1.00. The number of rotatable bonds is 5. The maximum absolute atomic E-state index is 3.44. The smallest absolute Gasteiger partial charge is 0.0281 e. The SMILES string of the molecule is CN(CC1CCCC1)CC(C)(C)N1CCNCC1. The number of hydrogen-bond acceptors (Lipinski definition) is 3. The standard InChI is InChI=1S/C15H31N3/c1-15(2,18-10-8-16-9-11-18)13-17(3)12-14-6-4-5-7-14/h14,16H,4-13H2,1-3H3. The molecule has 2 fully saturated rings. The highest BCUT2D eigenvalue weighted by Crippen LogP contribution is 2.26. The van der Waals surface area contributed by atoms with Crippen molar-refractivity contribution < 1.29 is 0 Å². The van der Waals surface area contributed by atoms with Crippen LogP contribution < -0.4 is 5.32 Å². The van der Waals surface area contributed by atoms with Crippen LogP contribution in [0.5, 0.6) is 0 Å². The number of hydrogen-bond donors (Lipinski definition) is 1. The first-order valence-electron chi connectivity index (χ1n) is 7.72. The van der Waals surface area contributed by atoms with Gasteiger partial charge >= 0.3 is 0 Å². The Balaban J connectivity index is 1.78. The van der Waals surface area contributed by atoms with Gasteiger partial charge in [-0.1, -0.05) is 12.8 Å². The second-order valence-electron chi connectivity index (χ2n) is 6.90. The van der Waals surface area contributed by atoms with E-state index in [9.17, 15) is 0 Å². The molecule has 2 rings (SSSR count). The number of nitrogens with one attached hydrogen (secondary N) is 1. The lowest BCUT2D eigenvalue weighted by atomic mass is 10.00. The Morgan fingerprint density at radius 1 is 1.17 bits per heavy atom. The summed E-state index contributed by atoms with van der Waals surface area (Å²) >= 11 is 0. The van der Waals surface area contributed by atoms with Gasteiger partial charge in [0.1, 0.15) is 0 Å². The normalized spacial score (nSPS) is 24.0. The molecule has 1 saturated heterocycles. The highest BCUT2D eigenvalue weighted by atomic mass is 15.3. The lowest BCUT2D eigenvalue weighted by molar-refractivity contribution is 0.0670. The molecule has 1 heterocycles. The van der Waals surface area contributed by atoms with Gasteiger partial charge in [0.15, 0.2) is 0 Å². The Hall–Kier alpha value is -0.120. The van der Waals surface area contributed by atoms with Crippen molar-refractivity contribution in [1.82, 2.24) is 15.1 Å². The van der Waals surface area contributed by atoms with Crippen LogP contribution in [0.3, 0.4) is 0 Å². The predicted molar refractivity (Wildman–Crippen MR) is 78.0 cm³/mol. The molecule has 0 unspecified atom stereocenters. The molecular weight excluding hydrogens is 222 g/mol. The minimum Gasteiger partial charge on any atom is -0.314 e. The number of nitrogens with zero attached hydrogens (tertiary/aromatic N) is 2. The van der Waals surface area contributed by atoms with Crippen molar-refractivity contribution >= 4 is 0 Å². The molecule has 0 bridgehead atoms. The largest absolute Gasteiger partial charge is 0.314 e. The molecule has 0 aromatic carbocycles. The van der Waals surface area contributed by atoms with E-state index in [2.05, 4.69) is 36.0 Å². The van der Waals surface area contributed by atoms with Gasteiger partial charge in [-0.25, -0.2) is 0 Å². The minimum atomic E-state index is 0.315. The zero-order valence-corrected chi connectivity index (χ0v) is 12.5. The zero-order chi connectivity index (χ0) is 13.0. The fourth-order valence-electron chi connectivity index (χ4n) is 3.73. The highest BCUT2D eigenvalue weighted by Gasteiger charge is 2.29. The summed E-state index contributed by atoms with van der Waals surface area (Å²) in [4.78, 5) is 5.21. The third-order valence-corrected chi connectivity index (χ3v) is 4.67. The molecule has 0 aromatic heterocycles. The van der Waals surface area contributed by atoms with Gasteiger partial charge in [-0.2, -0.15) is 0 Å². The van der Waals surface area contributed by atoms with E-state index < -0.39 is 0 Å². The van der Waals surface area contributed by atoms with Crippen LogP contribution in [-0.4, -0.2) is 61.7 Å². The molecule has 1 aliphatic heterocycles. The van der Waals surface area contributed by atoms with Crippen molar-refractivity contribution in [3.8, 4) is 0 Å². The van der Waals surface area contributed by atoms with Crippen LogP contribution in [0.25, 0.3) is 0 Å². The maximum Gasteiger partial charge on any atom is 0.0281 e. The van der Waals surface area contributed by atoms with Gasteiger partial charge in [-0.15, -0.1) is 0 Å². The van der Waals surface area contributed by atoms with E-state index in [0.29, 0.717) is 5.54 Å². The molecule has 3 heteroatoms. The van der Waals surface area contributed by atoms with E-state index in [0.717, 1.165) is 19.0 Å². The van der Waals surface area contributed by atoms with Gasteiger partial charge in [0.25, 0.3) is 0 Å². The molecular formula is C15H31N3. The Morgan fingerprint density at radius 3 is 2.39 bits per heavy atom. The summed E-state index contributed by atoms with van der Waals surface area (Å²) in [5, 5.41) is 3.44. The van der Waals surface area contributed by atoms with E-state index >= 15 is 0 Å². The molecule has 106 valence electrons. The second-order valence-corrected chi connectivity index (χ2v) is 6.90. The van der Waals surface area contributed by atoms with Gasteiger partial charge in [0.2, 0.25) is 0 Å². The topological polar surface area (TPSA) is 18.5 Å². The number of piperazine rings is 1. The molecule has 3 nitrogen and oxygen atoms in total. The molecule has 1 saturated carbocycles. The molecule has 1 N–H and O–H groups in total. The highest BCUT2D eigenvalue weighted by molar-refractivity contribution is 4.87. The predicted octanol–water partition coefficient (Wildman–Crippen LogP) is 1.79. The summed E-state index contributed by atoms with van der Waals surface area (Å²) in [6.45, 7) is 12.0. The van der Waals surface area contributed by atoms with Gasteiger partial charge in [-0.05, 0) is 39.7 Å². The molecule has 0 radical (unpaired) electrons. The molecule has 2 aliphatic rings. The van der Waals surface area contributed by atoms with Crippen LogP contribution in [0.1, 0.15) is 39.5 Å². The van der Waals surface area contributed by atoms with Crippen molar-refractivity contribution in [2.75, 3.05) is 46.3 Å². The Morgan fingerprint density at radius 2 is 1.78 bits per heavy atom. The van der Waals surface area contributed by atoms with Gasteiger partial charge < -0.3 is 10.2 Å². The summed E-state index contributed by atoms with van der Waals surface area (Å²) < 4.78 is 0. The molecule has 0 amide bonds. The van der Waals surface area contributed by atoms with E-state index in [1.54, 1.807) is 0 Å². The minimum absolute atomic E-state index is 0.315. The third kappa shape index (κ3) is 3.94. The van der Waals surface area contributed by atoms with Crippen LogP contribution in [0.2, 0.25) is 0 Å². The van der Waals surface area contributed by atoms with Gasteiger partial charge in [0.05, 0.1) is 0 Å². The molecule has 0 atom stereocenters. The van der Waals surface area contributed by atoms with Gasteiger partial charge in [-0.3, -0.25) is 4.90 Å². The zero-order valence-electron chi connectivity index (χ0n) is 12.5. The van der Waals surface area contributed by atoms with Crippen molar-refractivity contribution in [3.05, 3.63) is 0 Å². The lowest BCUT2D eigenvalue weighted by Gasteiger charge is -2.43. The molecule has 0 aromatic rings.